The predicted octanol–water partition coefficient (Wildman–Crippen LogP) is 4.55. The molecule has 0 aromatic heterocycles. The molecule has 0 bridgehead atoms. The lowest BCUT2D eigenvalue weighted by molar-refractivity contribution is 0.0863. The van der Waals surface area contributed by atoms with Crippen LogP contribution in [-0.2, 0) is 9.47 Å². The fourth-order valence-electron chi connectivity index (χ4n) is 1.67. The first-order valence-corrected chi connectivity index (χ1v) is 7.00. The average molecular weight is 242 g/mol. The van der Waals surface area contributed by atoms with Crippen molar-refractivity contribution < 1.29 is 9.47 Å². The Morgan fingerprint density at radius 1 is 1.12 bits per heavy atom. The molecule has 0 N–H and O–H groups in total. The minimum atomic E-state index is 0.413. The van der Waals surface area contributed by atoms with Gasteiger partial charge >= 0.3 is 0 Å². The maximum absolute atomic E-state index is 5.47. The molecule has 17 heavy (non-hydrogen) atoms. The summed E-state index contributed by atoms with van der Waals surface area (Å²) in [6, 6.07) is 0. The van der Waals surface area contributed by atoms with Crippen LogP contribution in [0.3, 0.4) is 0 Å². The molecule has 0 amide bonds. The number of ether oxygens (including phenoxy) is 2. The molecule has 0 saturated heterocycles. The summed E-state index contributed by atoms with van der Waals surface area (Å²) in [5.74, 6) is 0.598. The van der Waals surface area contributed by atoms with Crippen molar-refractivity contribution in [2.45, 2.75) is 65.4 Å². The van der Waals surface area contributed by atoms with Gasteiger partial charge in [-0.2, -0.15) is 0 Å². The lowest BCUT2D eigenvalue weighted by atomic mass is 10.1. The van der Waals surface area contributed by atoms with Gasteiger partial charge in [0.2, 0.25) is 0 Å². The summed E-state index contributed by atoms with van der Waals surface area (Å²) in [5.41, 5.74) is 0. The van der Waals surface area contributed by atoms with Crippen molar-refractivity contribution in [3.63, 3.8) is 0 Å². The highest BCUT2D eigenvalue weighted by molar-refractivity contribution is 4.75. The van der Waals surface area contributed by atoms with Crippen LogP contribution in [0.1, 0.15) is 59.3 Å². The number of allylic oxidation sites excluding steroid dienone is 1. The van der Waals surface area contributed by atoms with Gasteiger partial charge in [0.1, 0.15) is 0 Å². The van der Waals surface area contributed by atoms with Crippen molar-refractivity contribution in [2.24, 2.45) is 5.92 Å². The van der Waals surface area contributed by atoms with Crippen molar-refractivity contribution in [1.29, 1.82) is 0 Å². The van der Waals surface area contributed by atoms with Gasteiger partial charge < -0.3 is 9.47 Å². The van der Waals surface area contributed by atoms with Gasteiger partial charge in [-0.25, -0.2) is 0 Å². The molecule has 0 rings (SSSR count). The lowest BCUT2D eigenvalue weighted by Gasteiger charge is -2.13. The quantitative estimate of drug-likeness (QED) is 0.391. The van der Waals surface area contributed by atoms with Gasteiger partial charge in [0.25, 0.3) is 0 Å². The molecule has 0 aliphatic rings. The highest BCUT2D eigenvalue weighted by Crippen LogP contribution is 2.11. The molecule has 0 aromatic rings. The number of hydrogen-bond donors (Lipinski definition) is 0. The minimum Gasteiger partial charge on any atom is -0.501 e. The standard InChI is InChI=1S/C15H30O2/c1-5-6-7-10-15(16-4)11-8-9-12-17-13-14(2)3/h9,12,14-15H,5-8,10-11,13H2,1-4H3. The first-order valence-electron chi connectivity index (χ1n) is 7.00. The summed E-state index contributed by atoms with van der Waals surface area (Å²) >= 11 is 0. The third-order valence-corrected chi connectivity index (χ3v) is 2.74. The second kappa shape index (κ2) is 12.0. The lowest BCUT2D eigenvalue weighted by Crippen LogP contribution is -2.09. The third kappa shape index (κ3) is 11.8. The fraction of sp³-hybridized carbons (Fsp3) is 0.867. The Balaban J connectivity index is 3.48. The molecule has 0 aromatic carbocycles. The number of methoxy groups -OCH3 is 1. The largest absolute Gasteiger partial charge is 0.501 e. The molecule has 2 nitrogen and oxygen atoms in total. The van der Waals surface area contributed by atoms with Crippen molar-refractivity contribution in [1.82, 2.24) is 0 Å². The van der Waals surface area contributed by atoms with E-state index in [1.54, 1.807) is 0 Å². The van der Waals surface area contributed by atoms with E-state index in [-0.39, 0.29) is 0 Å². The Morgan fingerprint density at radius 3 is 2.47 bits per heavy atom. The Morgan fingerprint density at radius 2 is 1.88 bits per heavy atom. The van der Waals surface area contributed by atoms with E-state index in [4.69, 9.17) is 9.47 Å². The van der Waals surface area contributed by atoms with E-state index in [0.717, 1.165) is 19.4 Å². The topological polar surface area (TPSA) is 18.5 Å². The molecule has 0 spiro atoms. The van der Waals surface area contributed by atoms with E-state index in [0.29, 0.717) is 12.0 Å². The van der Waals surface area contributed by atoms with E-state index < -0.39 is 0 Å². The van der Waals surface area contributed by atoms with E-state index in [1.807, 2.05) is 13.4 Å². The Kier molecular flexibility index (Phi) is 11.6. The Hall–Kier alpha value is -0.500. The van der Waals surface area contributed by atoms with Gasteiger partial charge in [-0.3, -0.25) is 0 Å². The van der Waals surface area contributed by atoms with Crippen molar-refractivity contribution in [2.75, 3.05) is 13.7 Å². The van der Waals surface area contributed by atoms with Crippen LogP contribution >= 0.6 is 0 Å². The summed E-state index contributed by atoms with van der Waals surface area (Å²) in [7, 11) is 1.82. The molecule has 2 heteroatoms. The summed E-state index contributed by atoms with van der Waals surface area (Å²) in [4.78, 5) is 0. The second-order valence-corrected chi connectivity index (χ2v) is 5.03. The van der Waals surface area contributed by atoms with E-state index in [9.17, 15) is 0 Å². The molecule has 0 heterocycles. The smallest absolute Gasteiger partial charge is 0.0895 e. The summed E-state index contributed by atoms with van der Waals surface area (Å²) in [5, 5.41) is 0. The first-order chi connectivity index (χ1) is 8.20. The van der Waals surface area contributed by atoms with Crippen LogP contribution in [0.5, 0.6) is 0 Å². The summed E-state index contributed by atoms with van der Waals surface area (Å²) < 4.78 is 10.9. The van der Waals surface area contributed by atoms with Gasteiger partial charge in [0, 0.05) is 7.11 Å². The van der Waals surface area contributed by atoms with Crippen molar-refractivity contribution in [3.05, 3.63) is 12.3 Å². The Labute approximate surface area is 107 Å². The number of hydrogen-bond acceptors (Lipinski definition) is 2. The zero-order valence-corrected chi connectivity index (χ0v) is 12.1. The van der Waals surface area contributed by atoms with Crippen LogP contribution < -0.4 is 0 Å². The molecule has 0 fully saturated rings. The second-order valence-electron chi connectivity index (χ2n) is 5.03. The number of rotatable bonds is 11. The minimum absolute atomic E-state index is 0.413. The van der Waals surface area contributed by atoms with Crippen LogP contribution in [0.4, 0.5) is 0 Å². The van der Waals surface area contributed by atoms with Crippen molar-refractivity contribution in [3.8, 4) is 0 Å². The van der Waals surface area contributed by atoms with Crippen molar-refractivity contribution >= 4 is 0 Å². The molecule has 0 aliphatic carbocycles. The zero-order chi connectivity index (χ0) is 12.9. The van der Waals surface area contributed by atoms with Crippen LogP contribution in [0.15, 0.2) is 12.3 Å². The van der Waals surface area contributed by atoms with Gasteiger partial charge in [0.05, 0.1) is 19.0 Å². The van der Waals surface area contributed by atoms with Crippen LogP contribution in [0.25, 0.3) is 0 Å². The number of unbranched alkanes of at least 4 members (excludes halogenated alkanes) is 2. The molecule has 0 aliphatic heterocycles. The third-order valence-electron chi connectivity index (χ3n) is 2.74. The predicted molar refractivity (Wildman–Crippen MR) is 74.1 cm³/mol. The Bertz CT molecular complexity index is 176. The van der Waals surface area contributed by atoms with Crippen LogP contribution in [0, 0.1) is 5.92 Å². The van der Waals surface area contributed by atoms with Crippen LogP contribution in [-0.4, -0.2) is 19.8 Å². The van der Waals surface area contributed by atoms with Gasteiger partial charge in [-0.1, -0.05) is 40.0 Å². The van der Waals surface area contributed by atoms with E-state index >= 15 is 0 Å². The summed E-state index contributed by atoms with van der Waals surface area (Å²) in [6.45, 7) is 7.35. The van der Waals surface area contributed by atoms with E-state index in [2.05, 4.69) is 26.8 Å². The first kappa shape index (κ1) is 16.5. The van der Waals surface area contributed by atoms with Gasteiger partial charge in [0.15, 0.2) is 0 Å². The van der Waals surface area contributed by atoms with Gasteiger partial charge in [-0.05, 0) is 31.3 Å². The zero-order valence-electron chi connectivity index (χ0n) is 12.1. The molecular formula is C15H30O2. The monoisotopic (exact) mass is 242 g/mol. The molecule has 0 radical (unpaired) electrons. The maximum Gasteiger partial charge on any atom is 0.0895 e. The molecular weight excluding hydrogens is 212 g/mol. The molecule has 102 valence electrons. The van der Waals surface area contributed by atoms with Gasteiger partial charge in [-0.15, -0.1) is 0 Å². The highest BCUT2D eigenvalue weighted by atomic mass is 16.5. The fourth-order valence-corrected chi connectivity index (χ4v) is 1.67. The molecule has 1 atom stereocenters. The normalized spacial score (nSPS) is 13.5. The highest BCUT2D eigenvalue weighted by Gasteiger charge is 2.05. The average Bonchev–Trinajstić information content (AvgIpc) is 2.31. The SMILES string of the molecule is CCCCCC(CCC=COCC(C)C)OC. The van der Waals surface area contributed by atoms with E-state index in [1.165, 1.54) is 25.7 Å². The summed E-state index contributed by atoms with van der Waals surface area (Å²) in [6.07, 6.45) is 11.5. The maximum atomic E-state index is 5.47. The molecule has 0 saturated carbocycles. The molecule has 1 unspecified atom stereocenters. The van der Waals surface area contributed by atoms with Crippen LogP contribution in [0.2, 0.25) is 0 Å².